The first-order valence-electron chi connectivity index (χ1n) is 11.1. The number of rotatable bonds is 11. The van der Waals surface area contributed by atoms with E-state index >= 15 is 0 Å². The number of benzene rings is 1. The van der Waals surface area contributed by atoms with E-state index < -0.39 is 0 Å². The van der Waals surface area contributed by atoms with Gasteiger partial charge in [-0.15, -0.1) is 0 Å². The lowest BCUT2D eigenvalue weighted by Crippen LogP contribution is -2.36. The van der Waals surface area contributed by atoms with Crippen molar-refractivity contribution in [3.05, 3.63) is 95.6 Å². The van der Waals surface area contributed by atoms with Gasteiger partial charge in [0.05, 0.1) is 19.6 Å². The molecule has 1 fully saturated rings. The molecule has 4 heteroatoms. The van der Waals surface area contributed by atoms with Crippen molar-refractivity contribution in [2.24, 2.45) is 0 Å². The van der Waals surface area contributed by atoms with E-state index in [4.69, 9.17) is 4.74 Å². The van der Waals surface area contributed by atoms with Crippen molar-refractivity contribution < 1.29 is 14.3 Å². The van der Waals surface area contributed by atoms with Crippen LogP contribution in [-0.4, -0.2) is 49.3 Å². The van der Waals surface area contributed by atoms with E-state index in [2.05, 4.69) is 35.8 Å². The normalized spacial score (nSPS) is 16.9. The summed E-state index contributed by atoms with van der Waals surface area (Å²) in [6, 6.07) is 6.12. The molecular formula is C28H31NO3. The number of carbonyl (C=O) groups excluding carboxylic acids is 2. The maximum absolute atomic E-state index is 12.1. The molecule has 0 saturated carbocycles. The van der Waals surface area contributed by atoms with Crippen LogP contribution in [0.15, 0.2) is 79.0 Å². The summed E-state index contributed by atoms with van der Waals surface area (Å²) < 4.78 is 5.37. The predicted octanol–water partition coefficient (Wildman–Crippen LogP) is 4.74. The van der Waals surface area contributed by atoms with Gasteiger partial charge in [-0.1, -0.05) is 73.4 Å². The molecular weight excluding hydrogens is 398 g/mol. The third-order valence-electron chi connectivity index (χ3n) is 5.51. The molecule has 1 heterocycles. The molecule has 0 unspecified atom stereocenters. The van der Waals surface area contributed by atoms with Gasteiger partial charge in [0.25, 0.3) is 0 Å². The number of morpholine rings is 1. The molecule has 1 aromatic carbocycles. The maximum Gasteiger partial charge on any atom is 0.163 e. The van der Waals surface area contributed by atoms with Gasteiger partial charge >= 0.3 is 0 Å². The first-order valence-corrected chi connectivity index (χ1v) is 11.1. The number of ketones is 2. The van der Waals surface area contributed by atoms with E-state index in [-0.39, 0.29) is 18.0 Å². The molecule has 1 aliphatic carbocycles. The van der Waals surface area contributed by atoms with E-state index in [0.29, 0.717) is 0 Å². The molecule has 0 atom stereocenters. The Balaban J connectivity index is 1.39. The van der Waals surface area contributed by atoms with Crippen LogP contribution in [0.5, 0.6) is 0 Å². The molecule has 0 spiro atoms. The molecule has 1 saturated heterocycles. The second kappa shape index (κ2) is 12.7. The largest absolute Gasteiger partial charge is 0.379 e. The molecule has 2 aliphatic rings. The fourth-order valence-electron chi connectivity index (χ4n) is 3.63. The first-order chi connectivity index (χ1) is 15.6. The second-order valence-corrected chi connectivity index (χ2v) is 7.90. The zero-order valence-corrected chi connectivity index (χ0v) is 18.5. The fraction of sp³-hybridized carbons (Fsp3) is 0.286. The Labute approximate surface area is 191 Å². The van der Waals surface area contributed by atoms with Gasteiger partial charge in [0, 0.05) is 19.6 Å². The average Bonchev–Trinajstić information content (AvgIpc) is 3.28. The summed E-state index contributed by atoms with van der Waals surface area (Å²) in [5, 5.41) is 0. The molecule has 0 radical (unpaired) electrons. The Hall–Kier alpha value is -3.08. The topological polar surface area (TPSA) is 46.6 Å². The van der Waals surface area contributed by atoms with E-state index in [1.54, 1.807) is 18.2 Å². The van der Waals surface area contributed by atoms with Crippen molar-refractivity contribution in [1.82, 2.24) is 4.90 Å². The number of ether oxygens (including phenoxy) is 1. The van der Waals surface area contributed by atoms with Gasteiger partial charge in [-0.2, -0.15) is 0 Å². The lowest BCUT2D eigenvalue weighted by molar-refractivity contribution is -0.121. The van der Waals surface area contributed by atoms with Crippen molar-refractivity contribution in [3.8, 4) is 0 Å². The zero-order valence-electron chi connectivity index (χ0n) is 18.5. The van der Waals surface area contributed by atoms with Gasteiger partial charge in [0.1, 0.15) is 0 Å². The highest BCUT2D eigenvalue weighted by Gasteiger charge is 2.09. The monoisotopic (exact) mass is 429 g/mol. The standard InChI is InChI=1S/C28H31NO3/c1-2-23(15-16-29-17-19-32-20-18-29)7-4-3-5-10-27(30)22-28(31)14-12-24-11-13-25-8-6-9-26(25)21-24/h2-8,10-14,21H,1,9,15-20,22H2/b4-3+,10-5+,14-12+,23-7+. The number of carbonyl (C=O) groups is 2. The Morgan fingerprint density at radius 3 is 2.69 bits per heavy atom. The zero-order chi connectivity index (χ0) is 22.6. The molecule has 4 nitrogen and oxygen atoms in total. The molecule has 32 heavy (non-hydrogen) atoms. The Kier molecular flexibility index (Phi) is 9.36. The second-order valence-electron chi connectivity index (χ2n) is 7.90. The SMILES string of the molecule is C=C\C(=C/C=C/C=C/C(=O)CC(=O)/C=C/c1ccc2c(c1)CC=C2)CCN1CCOCC1. The molecule has 0 N–H and O–H groups in total. The fourth-order valence-corrected chi connectivity index (χ4v) is 3.63. The lowest BCUT2D eigenvalue weighted by Gasteiger charge is -2.26. The molecule has 0 bridgehead atoms. The van der Waals surface area contributed by atoms with Crippen LogP contribution in [0.4, 0.5) is 0 Å². The van der Waals surface area contributed by atoms with Crippen molar-refractivity contribution in [3.63, 3.8) is 0 Å². The summed E-state index contributed by atoms with van der Waals surface area (Å²) in [4.78, 5) is 26.5. The predicted molar refractivity (Wildman–Crippen MR) is 131 cm³/mol. The number of hydrogen-bond acceptors (Lipinski definition) is 4. The van der Waals surface area contributed by atoms with E-state index in [9.17, 15) is 9.59 Å². The van der Waals surface area contributed by atoms with Gasteiger partial charge < -0.3 is 4.74 Å². The van der Waals surface area contributed by atoms with E-state index in [1.807, 2.05) is 24.3 Å². The Bertz CT molecular complexity index is 972. The summed E-state index contributed by atoms with van der Waals surface area (Å²) in [6.07, 6.45) is 19.9. The minimum Gasteiger partial charge on any atom is -0.379 e. The summed E-state index contributed by atoms with van der Waals surface area (Å²) in [5.41, 5.74) is 4.62. The van der Waals surface area contributed by atoms with Crippen LogP contribution in [0.1, 0.15) is 29.5 Å². The average molecular weight is 430 g/mol. The molecule has 0 aromatic heterocycles. The van der Waals surface area contributed by atoms with Crippen LogP contribution in [-0.2, 0) is 20.7 Å². The highest BCUT2D eigenvalue weighted by atomic mass is 16.5. The van der Waals surface area contributed by atoms with Gasteiger partial charge in [-0.3, -0.25) is 14.5 Å². The maximum atomic E-state index is 12.1. The van der Waals surface area contributed by atoms with E-state index in [0.717, 1.165) is 56.8 Å². The van der Waals surface area contributed by atoms with Crippen LogP contribution in [0.25, 0.3) is 12.2 Å². The van der Waals surface area contributed by atoms with Gasteiger partial charge in [0.15, 0.2) is 11.6 Å². The minimum atomic E-state index is -0.206. The minimum absolute atomic E-state index is 0.124. The molecule has 1 aliphatic heterocycles. The van der Waals surface area contributed by atoms with E-state index in [1.165, 1.54) is 23.3 Å². The smallest absolute Gasteiger partial charge is 0.163 e. The van der Waals surface area contributed by atoms with Crippen LogP contribution in [0, 0.1) is 0 Å². The van der Waals surface area contributed by atoms with Crippen molar-refractivity contribution >= 4 is 23.7 Å². The molecule has 3 rings (SSSR count). The molecule has 0 amide bonds. The van der Waals surface area contributed by atoms with Gasteiger partial charge in [-0.05, 0) is 47.3 Å². The van der Waals surface area contributed by atoms with Crippen LogP contribution >= 0.6 is 0 Å². The van der Waals surface area contributed by atoms with Crippen molar-refractivity contribution in [1.29, 1.82) is 0 Å². The highest BCUT2D eigenvalue weighted by Crippen LogP contribution is 2.21. The number of nitrogens with zero attached hydrogens (tertiary/aromatic N) is 1. The number of fused-ring (bicyclic) bond motifs is 1. The number of hydrogen-bond donors (Lipinski definition) is 0. The van der Waals surface area contributed by atoms with Crippen LogP contribution < -0.4 is 0 Å². The highest BCUT2D eigenvalue weighted by molar-refractivity contribution is 6.09. The summed E-state index contributed by atoms with van der Waals surface area (Å²) in [7, 11) is 0. The van der Waals surface area contributed by atoms with Crippen LogP contribution in [0.3, 0.4) is 0 Å². The summed E-state index contributed by atoms with van der Waals surface area (Å²) in [5.74, 6) is -0.401. The first kappa shape index (κ1) is 23.6. The quantitative estimate of drug-likeness (QED) is 0.289. The van der Waals surface area contributed by atoms with Gasteiger partial charge in [0.2, 0.25) is 0 Å². The van der Waals surface area contributed by atoms with Gasteiger partial charge in [-0.25, -0.2) is 0 Å². The lowest BCUT2D eigenvalue weighted by atomic mass is 10.0. The summed E-state index contributed by atoms with van der Waals surface area (Å²) >= 11 is 0. The number of allylic oxidation sites excluding steroid dienone is 8. The summed E-state index contributed by atoms with van der Waals surface area (Å²) in [6.45, 7) is 8.42. The molecule has 166 valence electrons. The third-order valence-corrected chi connectivity index (χ3v) is 5.51. The van der Waals surface area contributed by atoms with Crippen LogP contribution in [0.2, 0.25) is 0 Å². The Morgan fingerprint density at radius 1 is 1.06 bits per heavy atom. The third kappa shape index (κ3) is 7.88. The van der Waals surface area contributed by atoms with Crippen molar-refractivity contribution in [2.75, 3.05) is 32.8 Å². The molecule has 1 aromatic rings. The Morgan fingerprint density at radius 2 is 1.88 bits per heavy atom. The van der Waals surface area contributed by atoms with Crippen molar-refractivity contribution in [2.45, 2.75) is 19.3 Å².